The second kappa shape index (κ2) is 11.3. The molecule has 1 N–H and O–H groups in total. The van der Waals surface area contributed by atoms with Crippen LogP contribution in [0.25, 0.3) is 0 Å². The van der Waals surface area contributed by atoms with Crippen molar-refractivity contribution in [3.05, 3.63) is 47.5 Å². The van der Waals surface area contributed by atoms with Gasteiger partial charge in [0.2, 0.25) is 15.9 Å². The zero-order valence-corrected chi connectivity index (χ0v) is 22.1. The van der Waals surface area contributed by atoms with E-state index in [4.69, 9.17) is 14.2 Å². The molecule has 1 amide bonds. The number of nitrogens with zero attached hydrogens (tertiary/aromatic N) is 1. The number of amides is 1. The molecule has 1 aliphatic rings. The Morgan fingerprint density at radius 2 is 1.46 bits per heavy atom. The minimum absolute atomic E-state index is 0.0799. The van der Waals surface area contributed by atoms with Gasteiger partial charge in [-0.05, 0) is 61.1 Å². The minimum atomic E-state index is -3.74. The highest BCUT2D eigenvalue weighted by Crippen LogP contribution is 2.33. The number of carbonyl (C=O) groups is 1. The van der Waals surface area contributed by atoms with Crippen molar-refractivity contribution in [3.63, 3.8) is 0 Å². The van der Waals surface area contributed by atoms with E-state index < -0.39 is 10.0 Å². The van der Waals surface area contributed by atoms with Crippen LogP contribution in [0, 0.1) is 5.92 Å². The second-order valence-corrected chi connectivity index (χ2v) is 11.0. The Morgan fingerprint density at radius 3 is 2.03 bits per heavy atom. The molecule has 8 nitrogen and oxygen atoms in total. The molecule has 1 aliphatic heterocycles. The zero-order valence-electron chi connectivity index (χ0n) is 21.3. The Labute approximate surface area is 208 Å². The average Bonchev–Trinajstić information content (AvgIpc) is 2.87. The van der Waals surface area contributed by atoms with Crippen LogP contribution in [0.1, 0.15) is 56.7 Å². The summed E-state index contributed by atoms with van der Waals surface area (Å²) in [6.45, 7) is 6.50. The van der Waals surface area contributed by atoms with Crippen molar-refractivity contribution in [1.82, 2.24) is 9.62 Å². The number of nitrogens with one attached hydrogen (secondary N) is 1. The van der Waals surface area contributed by atoms with Crippen molar-refractivity contribution in [3.8, 4) is 17.2 Å². The number of carbonyl (C=O) groups excluding carboxylic acids is 1. The molecule has 35 heavy (non-hydrogen) atoms. The van der Waals surface area contributed by atoms with Crippen LogP contribution in [0.5, 0.6) is 17.2 Å². The maximum Gasteiger partial charge on any atom is 0.246 e. The molecule has 0 bridgehead atoms. The third-order valence-corrected chi connectivity index (χ3v) is 8.48. The van der Waals surface area contributed by atoms with Gasteiger partial charge < -0.3 is 19.5 Å². The number of hydrogen-bond acceptors (Lipinski definition) is 6. The third kappa shape index (κ3) is 5.90. The van der Waals surface area contributed by atoms with E-state index in [1.54, 1.807) is 26.4 Å². The third-order valence-electron chi connectivity index (χ3n) is 6.56. The molecule has 0 spiro atoms. The fraction of sp³-hybridized carbons (Fsp3) is 0.500. The van der Waals surface area contributed by atoms with Crippen molar-refractivity contribution < 1.29 is 27.4 Å². The predicted molar refractivity (Wildman–Crippen MR) is 135 cm³/mol. The second-order valence-electron chi connectivity index (χ2n) is 9.09. The molecule has 0 saturated carbocycles. The monoisotopic (exact) mass is 504 g/mol. The van der Waals surface area contributed by atoms with Crippen molar-refractivity contribution in [2.24, 2.45) is 5.92 Å². The molecule has 0 radical (unpaired) electrons. The van der Waals surface area contributed by atoms with Crippen LogP contribution in [0.3, 0.4) is 0 Å². The number of piperidine rings is 1. The van der Waals surface area contributed by atoms with Gasteiger partial charge >= 0.3 is 0 Å². The number of methoxy groups -OCH3 is 3. The zero-order chi connectivity index (χ0) is 25.8. The van der Waals surface area contributed by atoms with E-state index in [1.807, 2.05) is 45.0 Å². The Kier molecular flexibility index (Phi) is 8.66. The van der Waals surface area contributed by atoms with E-state index in [1.165, 1.54) is 11.4 Å². The number of rotatable bonds is 9. The van der Waals surface area contributed by atoms with Gasteiger partial charge in [0.15, 0.2) is 11.5 Å². The Bertz CT molecular complexity index is 1140. The molecule has 2 aromatic carbocycles. The molecular weight excluding hydrogens is 468 g/mol. The van der Waals surface area contributed by atoms with Crippen molar-refractivity contribution >= 4 is 15.9 Å². The van der Waals surface area contributed by atoms with E-state index in [-0.39, 0.29) is 41.8 Å². The van der Waals surface area contributed by atoms with Gasteiger partial charge in [-0.1, -0.05) is 26.0 Å². The summed E-state index contributed by atoms with van der Waals surface area (Å²) in [5.41, 5.74) is 1.83. The molecule has 192 valence electrons. The lowest BCUT2D eigenvalue weighted by Crippen LogP contribution is -2.43. The summed E-state index contributed by atoms with van der Waals surface area (Å²) >= 11 is 0. The van der Waals surface area contributed by atoms with Crippen LogP contribution in [0.4, 0.5) is 0 Å². The largest absolute Gasteiger partial charge is 0.495 e. The van der Waals surface area contributed by atoms with Crippen molar-refractivity contribution in [1.29, 1.82) is 0 Å². The highest BCUT2D eigenvalue weighted by atomic mass is 32.2. The quantitative estimate of drug-likeness (QED) is 0.552. The molecule has 0 aromatic heterocycles. The van der Waals surface area contributed by atoms with Gasteiger partial charge in [0, 0.05) is 19.0 Å². The minimum Gasteiger partial charge on any atom is -0.495 e. The summed E-state index contributed by atoms with van der Waals surface area (Å²) in [7, 11) is 0.879. The average molecular weight is 505 g/mol. The lowest BCUT2D eigenvalue weighted by Gasteiger charge is -2.31. The normalized spacial score (nSPS) is 16.1. The van der Waals surface area contributed by atoms with Crippen LogP contribution in [-0.4, -0.2) is 53.0 Å². The predicted octanol–water partition coefficient (Wildman–Crippen LogP) is 4.11. The molecule has 9 heteroatoms. The van der Waals surface area contributed by atoms with Gasteiger partial charge in [-0.2, -0.15) is 4.31 Å². The summed E-state index contributed by atoms with van der Waals surface area (Å²) in [5, 5.41) is 3.05. The van der Waals surface area contributed by atoms with Crippen LogP contribution in [0.15, 0.2) is 41.3 Å². The van der Waals surface area contributed by atoms with Crippen LogP contribution in [0.2, 0.25) is 0 Å². The SMILES string of the molecule is COc1ccc([C@@H](C)NC(=O)C2CCN(S(=O)(=O)c3cc(C(C)C)ccc3OC)CC2)cc1OC. The first kappa shape index (κ1) is 26.8. The van der Waals surface area contributed by atoms with Gasteiger partial charge in [0.05, 0.1) is 27.4 Å². The smallest absolute Gasteiger partial charge is 0.246 e. The molecular formula is C26H36N2O6S. The van der Waals surface area contributed by atoms with Gasteiger partial charge in [0.25, 0.3) is 0 Å². The van der Waals surface area contributed by atoms with E-state index in [9.17, 15) is 13.2 Å². The van der Waals surface area contributed by atoms with Crippen molar-refractivity contribution in [2.45, 2.75) is 50.5 Å². The van der Waals surface area contributed by atoms with Crippen LogP contribution >= 0.6 is 0 Å². The first-order chi connectivity index (χ1) is 16.6. The van der Waals surface area contributed by atoms with E-state index >= 15 is 0 Å². The summed E-state index contributed by atoms with van der Waals surface area (Å²) in [4.78, 5) is 13.1. The Balaban J connectivity index is 1.66. The molecule has 1 atom stereocenters. The van der Waals surface area contributed by atoms with E-state index in [0.717, 1.165) is 11.1 Å². The molecule has 2 aromatic rings. The van der Waals surface area contributed by atoms with E-state index in [0.29, 0.717) is 30.1 Å². The molecule has 0 aliphatic carbocycles. The van der Waals surface area contributed by atoms with Gasteiger partial charge in [-0.25, -0.2) is 8.42 Å². The molecule has 1 saturated heterocycles. The summed E-state index contributed by atoms with van der Waals surface area (Å²) in [6, 6.07) is 10.6. The van der Waals surface area contributed by atoms with Crippen molar-refractivity contribution in [2.75, 3.05) is 34.4 Å². The van der Waals surface area contributed by atoms with Gasteiger partial charge in [0.1, 0.15) is 10.6 Å². The highest BCUT2D eigenvalue weighted by Gasteiger charge is 2.34. The lowest BCUT2D eigenvalue weighted by molar-refractivity contribution is -0.126. The first-order valence-corrected chi connectivity index (χ1v) is 13.3. The fourth-order valence-electron chi connectivity index (χ4n) is 4.29. The van der Waals surface area contributed by atoms with E-state index in [2.05, 4.69) is 5.32 Å². The summed E-state index contributed by atoms with van der Waals surface area (Å²) in [6.07, 6.45) is 0.909. The number of hydrogen-bond donors (Lipinski definition) is 1. The Hall–Kier alpha value is -2.78. The maximum absolute atomic E-state index is 13.4. The standard InChI is InChI=1S/C26H36N2O6S/c1-17(2)20-7-10-23(33-5)25(16-20)35(30,31)28-13-11-19(12-14-28)26(29)27-18(3)21-8-9-22(32-4)24(15-21)34-6/h7-10,15-19H,11-14H2,1-6H3,(H,27,29)/t18-/m1/s1. The lowest BCUT2D eigenvalue weighted by atomic mass is 9.96. The maximum atomic E-state index is 13.4. The van der Waals surface area contributed by atoms with Crippen LogP contribution < -0.4 is 19.5 Å². The molecule has 1 heterocycles. The summed E-state index contributed by atoms with van der Waals surface area (Å²) < 4.78 is 44.3. The molecule has 0 unspecified atom stereocenters. The highest BCUT2D eigenvalue weighted by molar-refractivity contribution is 7.89. The van der Waals surface area contributed by atoms with Crippen LogP contribution in [-0.2, 0) is 14.8 Å². The molecule has 1 fully saturated rings. The van der Waals surface area contributed by atoms with Gasteiger partial charge in [-0.15, -0.1) is 0 Å². The Morgan fingerprint density at radius 1 is 0.886 bits per heavy atom. The number of benzene rings is 2. The number of sulfonamides is 1. The first-order valence-electron chi connectivity index (χ1n) is 11.8. The summed E-state index contributed by atoms with van der Waals surface area (Å²) in [5.74, 6) is 1.41. The number of ether oxygens (including phenoxy) is 3. The van der Waals surface area contributed by atoms with Gasteiger partial charge in [-0.3, -0.25) is 4.79 Å². The molecule has 3 rings (SSSR count). The topological polar surface area (TPSA) is 94.2 Å². The fourth-order valence-corrected chi connectivity index (χ4v) is 5.95.